The maximum absolute atomic E-state index is 13.6. The molecule has 1 aliphatic heterocycles. The van der Waals surface area contributed by atoms with Gasteiger partial charge >= 0.3 is 0 Å². The molecule has 1 saturated heterocycles. The normalized spacial score (nSPS) is 19.3. The quantitative estimate of drug-likeness (QED) is 0.725. The molecular formula is C23H28N2O4S. The summed E-state index contributed by atoms with van der Waals surface area (Å²) in [6.45, 7) is 3.99. The van der Waals surface area contributed by atoms with Gasteiger partial charge in [-0.1, -0.05) is 37.3 Å². The minimum atomic E-state index is -0.546. The highest BCUT2D eigenvalue weighted by Crippen LogP contribution is 2.42. The van der Waals surface area contributed by atoms with Crippen molar-refractivity contribution in [3.63, 3.8) is 0 Å². The Kier molecular flexibility index (Phi) is 7.26. The molecule has 1 heterocycles. The Bertz CT molecular complexity index is 890. The van der Waals surface area contributed by atoms with E-state index in [2.05, 4.69) is 5.32 Å². The van der Waals surface area contributed by atoms with Crippen LogP contribution in [0.1, 0.15) is 41.6 Å². The molecular weight excluding hydrogens is 400 g/mol. The molecule has 2 aromatic carbocycles. The van der Waals surface area contributed by atoms with Crippen molar-refractivity contribution in [3.8, 4) is 11.5 Å². The number of ether oxygens (including phenoxy) is 2. The van der Waals surface area contributed by atoms with Crippen LogP contribution in [0, 0.1) is 0 Å². The number of thioether (sulfide) groups is 1. The second-order valence-electron chi connectivity index (χ2n) is 7.21. The number of carbonyl (C=O) groups excluding carboxylic acids is 2. The van der Waals surface area contributed by atoms with E-state index in [0.29, 0.717) is 22.8 Å². The third-order valence-corrected chi connectivity index (χ3v) is 6.58. The maximum atomic E-state index is 13.6. The van der Waals surface area contributed by atoms with E-state index in [0.717, 1.165) is 12.0 Å². The zero-order valence-electron chi connectivity index (χ0n) is 17.8. The van der Waals surface area contributed by atoms with Gasteiger partial charge in [0.05, 0.1) is 14.2 Å². The van der Waals surface area contributed by atoms with E-state index in [1.165, 1.54) is 7.11 Å². The van der Waals surface area contributed by atoms with Gasteiger partial charge in [-0.05, 0) is 37.1 Å². The number of nitrogens with one attached hydrogen (secondary N) is 1. The minimum Gasteiger partial charge on any atom is -0.493 e. The topological polar surface area (TPSA) is 67.9 Å². The molecule has 30 heavy (non-hydrogen) atoms. The fourth-order valence-electron chi connectivity index (χ4n) is 3.39. The molecule has 6 nitrogen and oxygen atoms in total. The van der Waals surface area contributed by atoms with Crippen molar-refractivity contribution in [1.29, 1.82) is 0 Å². The van der Waals surface area contributed by atoms with Crippen molar-refractivity contribution in [2.45, 2.75) is 37.7 Å². The Morgan fingerprint density at radius 3 is 2.47 bits per heavy atom. The second kappa shape index (κ2) is 9.89. The molecule has 1 aliphatic rings. The van der Waals surface area contributed by atoms with Gasteiger partial charge in [0.15, 0.2) is 11.5 Å². The Balaban J connectivity index is 1.97. The molecule has 3 atom stereocenters. The van der Waals surface area contributed by atoms with Crippen molar-refractivity contribution in [1.82, 2.24) is 10.2 Å². The van der Waals surface area contributed by atoms with Gasteiger partial charge in [0.25, 0.3) is 5.91 Å². The smallest absolute Gasteiger partial charge is 0.255 e. The summed E-state index contributed by atoms with van der Waals surface area (Å²) < 4.78 is 10.6. The number of benzene rings is 2. The summed E-state index contributed by atoms with van der Waals surface area (Å²) in [4.78, 5) is 28.3. The average Bonchev–Trinajstić information content (AvgIpc) is 3.23. The van der Waals surface area contributed by atoms with Gasteiger partial charge in [-0.3, -0.25) is 9.59 Å². The summed E-state index contributed by atoms with van der Waals surface area (Å²) >= 11 is 1.60. The van der Waals surface area contributed by atoms with Crippen LogP contribution in [-0.2, 0) is 4.79 Å². The molecule has 3 rings (SSSR count). The molecule has 0 spiro atoms. The van der Waals surface area contributed by atoms with Gasteiger partial charge in [-0.2, -0.15) is 0 Å². The molecule has 2 amide bonds. The maximum Gasteiger partial charge on any atom is 0.255 e. The van der Waals surface area contributed by atoms with E-state index in [9.17, 15) is 9.59 Å². The van der Waals surface area contributed by atoms with Gasteiger partial charge in [-0.25, -0.2) is 0 Å². The zero-order chi connectivity index (χ0) is 21.7. The molecule has 7 heteroatoms. The molecule has 0 aromatic heterocycles. The Labute approximate surface area is 181 Å². The predicted molar refractivity (Wildman–Crippen MR) is 119 cm³/mol. The largest absolute Gasteiger partial charge is 0.493 e. The monoisotopic (exact) mass is 428 g/mol. The van der Waals surface area contributed by atoms with Crippen LogP contribution in [0.3, 0.4) is 0 Å². The molecule has 0 saturated carbocycles. The lowest BCUT2D eigenvalue weighted by Gasteiger charge is -2.30. The average molecular weight is 429 g/mol. The van der Waals surface area contributed by atoms with Crippen molar-refractivity contribution in [3.05, 3.63) is 59.7 Å². The Hall–Kier alpha value is -2.67. The second-order valence-corrected chi connectivity index (χ2v) is 8.33. The molecule has 3 unspecified atom stereocenters. The van der Waals surface area contributed by atoms with Gasteiger partial charge in [0.1, 0.15) is 11.4 Å². The van der Waals surface area contributed by atoms with Crippen LogP contribution in [0.5, 0.6) is 11.5 Å². The fraction of sp³-hybridized carbons (Fsp3) is 0.391. The number of methoxy groups -OCH3 is 2. The first-order chi connectivity index (χ1) is 14.5. The lowest BCUT2D eigenvalue weighted by atomic mass is 10.1. The number of rotatable bonds is 7. The summed E-state index contributed by atoms with van der Waals surface area (Å²) in [5, 5.41) is 2.79. The highest BCUT2D eigenvalue weighted by Gasteiger charge is 2.42. The third kappa shape index (κ3) is 4.56. The molecule has 1 N–H and O–H groups in total. The minimum absolute atomic E-state index is 0.0521. The summed E-state index contributed by atoms with van der Waals surface area (Å²) in [6.07, 6.45) is 0.831. The van der Waals surface area contributed by atoms with E-state index >= 15 is 0 Å². The molecule has 0 bridgehead atoms. The highest BCUT2D eigenvalue weighted by molar-refractivity contribution is 7.99. The third-order valence-electron chi connectivity index (χ3n) is 5.25. The Morgan fingerprint density at radius 1 is 1.13 bits per heavy atom. The number of amides is 2. The van der Waals surface area contributed by atoms with Gasteiger partial charge in [0, 0.05) is 17.4 Å². The van der Waals surface area contributed by atoms with E-state index in [-0.39, 0.29) is 23.2 Å². The van der Waals surface area contributed by atoms with Gasteiger partial charge in [0.2, 0.25) is 5.91 Å². The van der Waals surface area contributed by atoms with Crippen molar-refractivity contribution in [2.24, 2.45) is 0 Å². The number of nitrogens with zero attached hydrogens (tertiary/aromatic N) is 1. The van der Waals surface area contributed by atoms with E-state index in [1.807, 2.05) is 44.2 Å². The molecule has 0 aliphatic carbocycles. The van der Waals surface area contributed by atoms with Gasteiger partial charge in [-0.15, -0.1) is 11.8 Å². The van der Waals surface area contributed by atoms with Crippen LogP contribution < -0.4 is 14.8 Å². The first kappa shape index (κ1) is 22.0. The summed E-state index contributed by atoms with van der Waals surface area (Å²) in [5.41, 5.74) is 1.45. The fourth-order valence-corrected chi connectivity index (χ4v) is 4.82. The first-order valence-corrected chi connectivity index (χ1v) is 11.1. The van der Waals surface area contributed by atoms with Crippen LogP contribution in [-0.4, -0.2) is 48.8 Å². The van der Waals surface area contributed by atoms with Gasteiger partial charge < -0.3 is 19.7 Å². The summed E-state index contributed by atoms with van der Waals surface area (Å²) in [6, 6.07) is 14.4. The highest BCUT2D eigenvalue weighted by atomic mass is 32.2. The van der Waals surface area contributed by atoms with Crippen LogP contribution in [0.4, 0.5) is 0 Å². The van der Waals surface area contributed by atoms with E-state index < -0.39 is 6.04 Å². The molecule has 0 radical (unpaired) electrons. The molecule has 160 valence electrons. The van der Waals surface area contributed by atoms with Crippen molar-refractivity contribution >= 4 is 23.6 Å². The van der Waals surface area contributed by atoms with Crippen LogP contribution in [0.25, 0.3) is 0 Å². The first-order valence-electron chi connectivity index (χ1n) is 10.0. The van der Waals surface area contributed by atoms with Crippen molar-refractivity contribution in [2.75, 3.05) is 20.0 Å². The molecule has 2 aromatic rings. The Morgan fingerprint density at radius 2 is 1.83 bits per heavy atom. The van der Waals surface area contributed by atoms with E-state index in [4.69, 9.17) is 9.47 Å². The predicted octanol–water partition coefficient (Wildman–Crippen LogP) is 3.87. The number of carbonyl (C=O) groups is 2. The lowest BCUT2D eigenvalue weighted by Crippen LogP contribution is -2.49. The summed E-state index contributed by atoms with van der Waals surface area (Å²) in [7, 11) is 3.09. The lowest BCUT2D eigenvalue weighted by molar-refractivity contribution is -0.125. The van der Waals surface area contributed by atoms with Crippen LogP contribution in [0.2, 0.25) is 0 Å². The standard InChI is InChI=1S/C23H28N2O4S/c1-5-15(2)24-21(26)18-14-30-23(16-9-7-6-8-10-16)25(18)22(27)17-11-12-19(28-3)20(13-17)29-4/h6-13,15,18,23H,5,14H2,1-4H3,(H,24,26). The zero-order valence-corrected chi connectivity index (χ0v) is 18.6. The van der Waals surface area contributed by atoms with Crippen molar-refractivity contribution < 1.29 is 19.1 Å². The SMILES string of the molecule is CCC(C)NC(=O)C1CSC(c2ccccc2)N1C(=O)c1ccc(OC)c(OC)c1. The number of hydrogen-bond donors (Lipinski definition) is 1. The van der Waals surface area contributed by atoms with E-state index in [1.54, 1.807) is 42.0 Å². The van der Waals surface area contributed by atoms with Crippen LogP contribution >= 0.6 is 11.8 Å². The van der Waals surface area contributed by atoms with Crippen LogP contribution in [0.15, 0.2) is 48.5 Å². The summed E-state index contributed by atoms with van der Waals surface area (Å²) in [5.74, 6) is 1.24. The molecule has 1 fully saturated rings. The number of hydrogen-bond acceptors (Lipinski definition) is 5.